The lowest BCUT2D eigenvalue weighted by atomic mass is 10.0. The van der Waals surface area contributed by atoms with E-state index >= 15 is 0 Å². The van der Waals surface area contributed by atoms with Crippen LogP contribution < -0.4 is 5.32 Å². The summed E-state index contributed by atoms with van der Waals surface area (Å²) in [6.45, 7) is 3.61. The molecule has 0 atom stereocenters. The standard InChI is InChI=1S/C12H12ClNO3/c1-8(13)7-14-11(15)6-9-4-2-3-5-10(9)12(16)17/h2-5H,1,6-7H2,(H,14,15)(H,16,17). The van der Waals surface area contributed by atoms with Crippen molar-refractivity contribution in [2.24, 2.45) is 0 Å². The van der Waals surface area contributed by atoms with E-state index in [0.717, 1.165) is 0 Å². The van der Waals surface area contributed by atoms with E-state index in [1.165, 1.54) is 6.07 Å². The highest BCUT2D eigenvalue weighted by atomic mass is 35.5. The van der Waals surface area contributed by atoms with E-state index in [1.54, 1.807) is 18.2 Å². The van der Waals surface area contributed by atoms with Gasteiger partial charge in [0.25, 0.3) is 0 Å². The number of benzene rings is 1. The van der Waals surface area contributed by atoms with Crippen molar-refractivity contribution in [3.05, 3.63) is 47.0 Å². The first-order chi connectivity index (χ1) is 8.00. The van der Waals surface area contributed by atoms with E-state index in [-0.39, 0.29) is 24.4 Å². The molecular formula is C12H12ClNO3. The van der Waals surface area contributed by atoms with Gasteiger partial charge in [0, 0.05) is 5.03 Å². The maximum absolute atomic E-state index is 11.5. The summed E-state index contributed by atoms with van der Waals surface area (Å²) in [5.41, 5.74) is 0.602. The number of hydrogen-bond donors (Lipinski definition) is 2. The van der Waals surface area contributed by atoms with Gasteiger partial charge < -0.3 is 10.4 Å². The highest BCUT2D eigenvalue weighted by molar-refractivity contribution is 6.29. The summed E-state index contributed by atoms with van der Waals surface area (Å²) < 4.78 is 0. The summed E-state index contributed by atoms with van der Waals surface area (Å²) in [6, 6.07) is 6.38. The monoisotopic (exact) mass is 253 g/mol. The molecule has 2 N–H and O–H groups in total. The molecule has 4 nitrogen and oxygen atoms in total. The van der Waals surface area contributed by atoms with Crippen LogP contribution in [0.25, 0.3) is 0 Å². The molecule has 90 valence electrons. The zero-order valence-electron chi connectivity index (χ0n) is 9.07. The lowest BCUT2D eigenvalue weighted by Crippen LogP contribution is -2.26. The molecule has 0 aliphatic carbocycles. The lowest BCUT2D eigenvalue weighted by Gasteiger charge is -2.06. The van der Waals surface area contributed by atoms with Crippen molar-refractivity contribution >= 4 is 23.5 Å². The van der Waals surface area contributed by atoms with Crippen LogP contribution in [0.3, 0.4) is 0 Å². The second kappa shape index (κ2) is 6.06. The van der Waals surface area contributed by atoms with E-state index < -0.39 is 5.97 Å². The molecule has 1 aromatic carbocycles. The van der Waals surface area contributed by atoms with Crippen LogP contribution in [0.4, 0.5) is 0 Å². The third-order valence-electron chi connectivity index (χ3n) is 2.08. The molecule has 1 rings (SSSR count). The van der Waals surface area contributed by atoms with Crippen molar-refractivity contribution in [1.29, 1.82) is 0 Å². The molecule has 5 heteroatoms. The van der Waals surface area contributed by atoms with Gasteiger partial charge in [-0.25, -0.2) is 4.79 Å². The van der Waals surface area contributed by atoms with Crippen LogP contribution in [0.1, 0.15) is 15.9 Å². The number of carboxylic acid groups (broad SMARTS) is 1. The minimum absolute atomic E-state index is 0.00659. The molecule has 0 heterocycles. The van der Waals surface area contributed by atoms with Gasteiger partial charge in [-0.1, -0.05) is 36.4 Å². The number of carboxylic acids is 1. The Hall–Kier alpha value is -1.81. The number of nitrogens with one attached hydrogen (secondary N) is 1. The van der Waals surface area contributed by atoms with E-state index in [4.69, 9.17) is 16.7 Å². The van der Waals surface area contributed by atoms with Crippen molar-refractivity contribution in [2.75, 3.05) is 6.54 Å². The number of aromatic carboxylic acids is 1. The highest BCUT2D eigenvalue weighted by Gasteiger charge is 2.11. The smallest absolute Gasteiger partial charge is 0.335 e. The fourth-order valence-corrected chi connectivity index (χ4v) is 1.38. The van der Waals surface area contributed by atoms with Crippen LogP contribution in [0.2, 0.25) is 0 Å². The highest BCUT2D eigenvalue weighted by Crippen LogP contribution is 2.09. The van der Waals surface area contributed by atoms with E-state index in [9.17, 15) is 9.59 Å². The lowest BCUT2D eigenvalue weighted by molar-refractivity contribution is -0.120. The molecule has 0 aliphatic heterocycles. The Morgan fingerprint density at radius 3 is 2.59 bits per heavy atom. The molecule has 0 unspecified atom stereocenters. The number of carbonyl (C=O) groups is 2. The van der Waals surface area contributed by atoms with Gasteiger partial charge in [-0.3, -0.25) is 4.79 Å². The zero-order chi connectivity index (χ0) is 12.8. The summed E-state index contributed by atoms with van der Waals surface area (Å²) in [5.74, 6) is -1.34. The van der Waals surface area contributed by atoms with Crippen molar-refractivity contribution < 1.29 is 14.7 Å². The second-order valence-electron chi connectivity index (χ2n) is 3.43. The first-order valence-corrected chi connectivity index (χ1v) is 5.29. The van der Waals surface area contributed by atoms with Crippen LogP contribution >= 0.6 is 11.6 Å². The molecular weight excluding hydrogens is 242 g/mol. The van der Waals surface area contributed by atoms with Gasteiger partial charge in [0.15, 0.2) is 0 Å². The zero-order valence-corrected chi connectivity index (χ0v) is 9.83. The van der Waals surface area contributed by atoms with E-state index in [0.29, 0.717) is 10.6 Å². The summed E-state index contributed by atoms with van der Waals surface area (Å²) in [7, 11) is 0. The first-order valence-electron chi connectivity index (χ1n) is 4.92. The van der Waals surface area contributed by atoms with Crippen LogP contribution in [-0.4, -0.2) is 23.5 Å². The molecule has 0 saturated heterocycles. The normalized spacial score (nSPS) is 9.71. The van der Waals surface area contributed by atoms with Gasteiger partial charge >= 0.3 is 5.97 Å². The molecule has 0 aliphatic rings. The Morgan fingerprint density at radius 2 is 2.00 bits per heavy atom. The number of hydrogen-bond acceptors (Lipinski definition) is 2. The fraction of sp³-hybridized carbons (Fsp3) is 0.167. The molecule has 17 heavy (non-hydrogen) atoms. The topological polar surface area (TPSA) is 66.4 Å². The van der Waals surface area contributed by atoms with Gasteiger partial charge in [0.1, 0.15) is 0 Å². The number of rotatable bonds is 5. The second-order valence-corrected chi connectivity index (χ2v) is 3.97. The molecule has 0 radical (unpaired) electrons. The summed E-state index contributed by atoms with van der Waals surface area (Å²) >= 11 is 5.50. The summed E-state index contributed by atoms with van der Waals surface area (Å²) in [6.07, 6.45) is 0.00659. The Balaban J connectivity index is 2.71. The Morgan fingerprint density at radius 1 is 1.35 bits per heavy atom. The maximum atomic E-state index is 11.5. The predicted octanol–water partition coefficient (Wildman–Crippen LogP) is 1.80. The molecule has 1 aromatic rings. The quantitative estimate of drug-likeness (QED) is 0.841. The van der Waals surface area contributed by atoms with E-state index in [1.807, 2.05) is 0 Å². The molecule has 0 bridgehead atoms. The minimum atomic E-state index is -1.05. The Kier molecular flexibility index (Phi) is 4.72. The predicted molar refractivity (Wildman–Crippen MR) is 65.1 cm³/mol. The third-order valence-corrected chi connectivity index (χ3v) is 2.21. The molecule has 0 spiro atoms. The minimum Gasteiger partial charge on any atom is -0.478 e. The van der Waals surface area contributed by atoms with Gasteiger partial charge in [0.2, 0.25) is 5.91 Å². The van der Waals surface area contributed by atoms with Crippen molar-refractivity contribution in [3.63, 3.8) is 0 Å². The Bertz CT molecular complexity index is 457. The molecule has 0 aromatic heterocycles. The number of carbonyl (C=O) groups excluding carboxylic acids is 1. The van der Waals surface area contributed by atoms with Gasteiger partial charge in [-0.15, -0.1) is 0 Å². The summed E-state index contributed by atoms with van der Waals surface area (Å²) in [5, 5.41) is 11.8. The van der Waals surface area contributed by atoms with Gasteiger partial charge in [-0.05, 0) is 11.6 Å². The molecule has 1 amide bonds. The number of halogens is 1. The summed E-state index contributed by atoms with van der Waals surface area (Å²) in [4.78, 5) is 22.4. The van der Waals surface area contributed by atoms with Crippen molar-refractivity contribution in [2.45, 2.75) is 6.42 Å². The molecule has 0 saturated carbocycles. The van der Waals surface area contributed by atoms with Crippen LogP contribution in [0, 0.1) is 0 Å². The third kappa shape index (κ3) is 4.28. The maximum Gasteiger partial charge on any atom is 0.335 e. The van der Waals surface area contributed by atoms with Crippen LogP contribution in [0.15, 0.2) is 35.9 Å². The van der Waals surface area contributed by atoms with E-state index in [2.05, 4.69) is 11.9 Å². The first kappa shape index (κ1) is 13.3. The molecule has 0 fully saturated rings. The van der Waals surface area contributed by atoms with Crippen LogP contribution in [-0.2, 0) is 11.2 Å². The van der Waals surface area contributed by atoms with Crippen LogP contribution in [0.5, 0.6) is 0 Å². The fourth-order valence-electron chi connectivity index (χ4n) is 1.31. The Labute approximate surface area is 104 Å². The average molecular weight is 254 g/mol. The largest absolute Gasteiger partial charge is 0.478 e. The van der Waals surface area contributed by atoms with Crippen molar-refractivity contribution in [1.82, 2.24) is 5.32 Å². The average Bonchev–Trinajstić information content (AvgIpc) is 2.27. The van der Waals surface area contributed by atoms with Crippen molar-refractivity contribution in [3.8, 4) is 0 Å². The number of amides is 1. The van der Waals surface area contributed by atoms with Gasteiger partial charge in [0.05, 0.1) is 18.5 Å². The van der Waals surface area contributed by atoms with Gasteiger partial charge in [-0.2, -0.15) is 0 Å². The SMILES string of the molecule is C=C(Cl)CNC(=O)Cc1ccccc1C(=O)O.